The topological polar surface area (TPSA) is 21.7 Å². The summed E-state index contributed by atoms with van der Waals surface area (Å²) in [5.41, 5.74) is 14.3. The van der Waals surface area contributed by atoms with E-state index in [1.807, 2.05) is 11.3 Å². The minimum absolute atomic E-state index is 0.758. The van der Waals surface area contributed by atoms with Crippen LogP contribution in [0.5, 0.6) is 23.0 Å². The number of rotatable bonds is 5. The molecule has 0 N–H and O–H groups in total. The number of ether oxygens (including phenoxy) is 2. The minimum atomic E-state index is 0.758. The fourth-order valence-electron chi connectivity index (χ4n) is 9.47. The molecule has 0 spiro atoms. The standard InChI is InChI=1S/C58H35NO2S/c1-2-11-36(12-3-1)42-27-29-49-51(32-42)60-53-34-44(47-18-10-20-56-57(47)48-17-8-9-19-55(48)62-56)35-54-58(53)59(49)50-30-28-43(33-52(50)61-54)46-16-7-6-15-45(46)39-24-21-38(22-25-39)41-26-23-37-13-4-5-14-40(37)31-41/h1-35H. The van der Waals surface area contributed by atoms with Crippen LogP contribution in [0, 0.1) is 0 Å². The highest BCUT2D eigenvalue weighted by atomic mass is 32.1. The second-order valence-electron chi connectivity index (χ2n) is 16.1. The molecule has 0 unspecified atom stereocenters. The monoisotopic (exact) mass is 809 g/mol. The molecule has 0 aliphatic carbocycles. The molecule has 3 heterocycles. The van der Waals surface area contributed by atoms with Crippen molar-refractivity contribution in [3.05, 3.63) is 212 Å². The normalized spacial score (nSPS) is 12.4. The van der Waals surface area contributed by atoms with Gasteiger partial charge in [-0.15, -0.1) is 11.3 Å². The van der Waals surface area contributed by atoms with E-state index in [0.29, 0.717) is 0 Å². The number of anilines is 3. The molecule has 10 aromatic carbocycles. The summed E-state index contributed by atoms with van der Waals surface area (Å²) in [5, 5.41) is 5.00. The lowest BCUT2D eigenvalue weighted by Gasteiger charge is -2.38. The van der Waals surface area contributed by atoms with Crippen LogP contribution in [0.25, 0.3) is 86.6 Å². The molecule has 2 aliphatic heterocycles. The molecule has 13 rings (SSSR count). The zero-order chi connectivity index (χ0) is 40.7. The molecule has 62 heavy (non-hydrogen) atoms. The van der Waals surface area contributed by atoms with Crippen LogP contribution >= 0.6 is 11.3 Å². The maximum absolute atomic E-state index is 7.06. The first kappa shape index (κ1) is 34.9. The van der Waals surface area contributed by atoms with Crippen molar-refractivity contribution in [2.75, 3.05) is 4.90 Å². The number of thiophene rings is 1. The van der Waals surface area contributed by atoms with Crippen molar-refractivity contribution in [2.45, 2.75) is 0 Å². The highest BCUT2D eigenvalue weighted by Crippen LogP contribution is 2.61. The predicted molar refractivity (Wildman–Crippen MR) is 259 cm³/mol. The summed E-state index contributed by atoms with van der Waals surface area (Å²) in [4.78, 5) is 2.32. The van der Waals surface area contributed by atoms with Gasteiger partial charge in [-0.25, -0.2) is 0 Å². The van der Waals surface area contributed by atoms with Gasteiger partial charge < -0.3 is 9.47 Å². The van der Waals surface area contributed by atoms with E-state index in [1.165, 1.54) is 47.6 Å². The van der Waals surface area contributed by atoms with Crippen LogP contribution in [0.4, 0.5) is 17.1 Å². The van der Waals surface area contributed by atoms with E-state index in [4.69, 9.17) is 9.47 Å². The van der Waals surface area contributed by atoms with Gasteiger partial charge in [0.2, 0.25) is 0 Å². The predicted octanol–water partition coefficient (Wildman–Crippen LogP) is 17.2. The van der Waals surface area contributed by atoms with Crippen LogP contribution in [0.3, 0.4) is 0 Å². The Morgan fingerprint density at radius 1 is 0.323 bits per heavy atom. The zero-order valence-electron chi connectivity index (χ0n) is 33.4. The van der Waals surface area contributed by atoms with Crippen LogP contribution in [0.15, 0.2) is 212 Å². The number of nitrogens with zero attached hydrogens (tertiary/aromatic N) is 1. The lowest BCUT2D eigenvalue weighted by Crippen LogP contribution is -2.20. The summed E-state index contributed by atoms with van der Waals surface area (Å²) in [6.07, 6.45) is 0. The fourth-order valence-corrected chi connectivity index (χ4v) is 10.6. The SMILES string of the molecule is c1ccc(-c2ccc3c(c2)Oc2cc(-c4cccc5sc6ccccc6c45)cc4c2N3c2ccc(-c3ccccc3-c3ccc(-c5ccc6ccccc6c5)cc3)cc2O4)cc1. The molecule has 0 radical (unpaired) electrons. The molecule has 0 saturated carbocycles. The molecule has 11 aromatic rings. The van der Waals surface area contributed by atoms with Gasteiger partial charge in [0.1, 0.15) is 5.69 Å². The molecule has 0 atom stereocenters. The van der Waals surface area contributed by atoms with Gasteiger partial charge in [0.05, 0.1) is 11.4 Å². The van der Waals surface area contributed by atoms with Crippen molar-refractivity contribution < 1.29 is 9.47 Å². The quantitative estimate of drug-likeness (QED) is 0.173. The van der Waals surface area contributed by atoms with Crippen molar-refractivity contribution in [3.63, 3.8) is 0 Å². The van der Waals surface area contributed by atoms with Gasteiger partial charge in [-0.3, -0.25) is 4.90 Å². The highest BCUT2D eigenvalue weighted by molar-refractivity contribution is 7.25. The summed E-state index contributed by atoms with van der Waals surface area (Å²) < 4.78 is 16.5. The number of hydrogen-bond donors (Lipinski definition) is 0. The summed E-state index contributed by atoms with van der Waals surface area (Å²) in [7, 11) is 0. The molecule has 1 aromatic heterocycles. The average Bonchev–Trinajstić information content (AvgIpc) is 3.73. The number of hydrogen-bond acceptors (Lipinski definition) is 4. The minimum Gasteiger partial charge on any atom is -0.453 e. The van der Waals surface area contributed by atoms with Crippen LogP contribution in [-0.2, 0) is 0 Å². The maximum Gasteiger partial charge on any atom is 0.156 e. The Labute approximate surface area is 362 Å². The largest absolute Gasteiger partial charge is 0.453 e. The first-order chi connectivity index (χ1) is 30.7. The lowest BCUT2D eigenvalue weighted by atomic mass is 9.92. The van der Waals surface area contributed by atoms with Crippen LogP contribution in [0.2, 0.25) is 0 Å². The van der Waals surface area contributed by atoms with Gasteiger partial charge in [0.15, 0.2) is 23.0 Å². The summed E-state index contributed by atoms with van der Waals surface area (Å²) in [6.45, 7) is 0. The van der Waals surface area contributed by atoms with Crippen molar-refractivity contribution in [3.8, 4) is 78.6 Å². The molecule has 0 saturated heterocycles. The van der Waals surface area contributed by atoms with Gasteiger partial charge in [-0.2, -0.15) is 0 Å². The van der Waals surface area contributed by atoms with Crippen molar-refractivity contribution in [2.24, 2.45) is 0 Å². The Morgan fingerprint density at radius 2 is 0.855 bits per heavy atom. The molecule has 0 bridgehead atoms. The Balaban J connectivity index is 0.939. The third-order valence-electron chi connectivity index (χ3n) is 12.4. The molecule has 3 nitrogen and oxygen atoms in total. The second kappa shape index (κ2) is 13.8. The average molecular weight is 810 g/mol. The summed E-state index contributed by atoms with van der Waals surface area (Å²) in [5.74, 6) is 3.11. The molecule has 4 heteroatoms. The van der Waals surface area contributed by atoms with Gasteiger partial charge in [0, 0.05) is 20.2 Å². The van der Waals surface area contributed by atoms with Crippen LogP contribution in [0.1, 0.15) is 0 Å². The van der Waals surface area contributed by atoms with Gasteiger partial charge in [0.25, 0.3) is 0 Å². The van der Waals surface area contributed by atoms with Crippen LogP contribution < -0.4 is 14.4 Å². The van der Waals surface area contributed by atoms with Crippen molar-refractivity contribution in [1.29, 1.82) is 0 Å². The summed E-state index contributed by atoms with van der Waals surface area (Å²) in [6, 6.07) is 76.1. The third-order valence-corrected chi connectivity index (χ3v) is 13.6. The van der Waals surface area contributed by atoms with Gasteiger partial charge >= 0.3 is 0 Å². The second-order valence-corrected chi connectivity index (χ2v) is 17.1. The molecule has 2 aliphatic rings. The van der Waals surface area contributed by atoms with E-state index in [9.17, 15) is 0 Å². The van der Waals surface area contributed by atoms with E-state index >= 15 is 0 Å². The smallest absolute Gasteiger partial charge is 0.156 e. The van der Waals surface area contributed by atoms with E-state index < -0.39 is 0 Å². The molecule has 0 fully saturated rings. The maximum atomic E-state index is 7.06. The first-order valence-corrected chi connectivity index (χ1v) is 21.8. The number of fused-ring (bicyclic) bond motifs is 8. The van der Waals surface area contributed by atoms with E-state index in [1.54, 1.807) is 0 Å². The Morgan fingerprint density at radius 3 is 1.65 bits per heavy atom. The molecular formula is C58H35NO2S. The zero-order valence-corrected chi connectivity index (χ0v) is 34.2. The fraction of sp³-hybridized carbons (Fsp3) is 0. The van der Waals surface area contributed by atoms with E-state index in [2.05, 4.69) is 217 Å². The van der Waals surface area contributed by atoms with E-state index in [-0.39, 0.29) is 0 Å². The van der Waals surface area contributed by atoms with Gasteiger partial charge in [-0.05, 0) is 121 Å². The molecule has 290 valence electrons. The lowest BCUT2D eigenvalue weighted by molar-refractivity contribution is 0.446. The summed E-state index contributed by atoms with van der Waals surface area (Å²) >= 11 is 1.83. The molecular weight excluding hydrogens is 775 g/mol. The van der Waals surface area contributed by atoms with Gasteiger partial charge in [-0.1, -0.05) is 158 Å². The Hall–Kier alpha value is -7.92. The Kier molecular flexibility index (Phi) is 7.78. The Bertz CT molecular complexity index is 3590. The highest BCUT2D eigenvalue weighted by Gasteiger charge is 2.36. The third kappa shape index (κ3) is 5.58. The van der Waals surface area contributed by atoms with E-state index in [0.717, 1.165) is 79.0 Å². The number of benzene rings is 10. The van der Waals surface area contributed by atoms with Crippen molar-refractivity contribution in [1.82, 2.24) is 0 Å². The molecule has 0 amide bonds. The first-order valence-electron chi connectivity index (χ1n) is 21.0. The van der Waals surface area contributed by atoms with Crippen molar-refractivity contribution >= 4 is 59.3 Å². The van der Waals surface area contributed by atoms with Crippen LogP contribution in [-0.4, -0.2) is 0 Å².